The molecule has 0 radical (unpaired) electrons. The zero-order valence-electron chi connectivity index (χ0n) is 12.7. The molecule has 1 aromatic carbocycles. The summed E-state index contributed by atoms with van der Waals surface area (Å²) in [6.45, 7) is 8.14. The van der Waals surface area contributed by atoms with E-state index in [0.29, 0.717) is 0 Å². The summed E-state index contributed by atoms with van der Waals surface area (Å²) in [5, 5.41) is 0. The van der Waals surface area contributed by atoms with Gasteiger partial charge in [-0.15, -0.1) is 0 Å². The van der Waals surface area contributed by atoms with E-state index >= 15 is 0 Å². The van der Waals surface area contributed by atoms with Crippen LogP contribution in [-0.2, 0) is 9.47 Å². The highest BCUT2D eigenvalue weighted by atomic mass is 16.7. The van der Waals surface area contributed by atoms with E-state index in [1.807, 2.05) is 45.1 Å². The van der Waals surface area contributed by atoms with Crippen LogP contribution < -0.4 is 0 Å². The summed E-state index contributed by atoms with van der Waals surface area (Å²) in [5.74, 6) is -0.301. The molecule has 20 heavy (non-hydrogen) atoms. The van der Waals surface area contributed by atoms with E-state index in [1.54, 1.807) is 0 Å². The number of allylic oxidation sites excluding steroid dienone is 3. The quantitative estimate of drug-likeness (QED) is 0.746. The molecule has 1 fully saturated rings. The van der Waals surface area contributed by atoms with Gasteiger partial charge in [0.1, 0.15) is 0 Å². The SMILES string of the molecule is C/C=C/C=C/[C@@H]1OC(C)(C)O[C@@H](c2ccccc2)[C@@H]1C. The lowest BCUT2D eigenvalue weighted by Crippen LogP contribution is -2.45. The molecule has 0 saturated carbocycles. The molecule has 1 aliphatic rings. The van der Waals surface area contributed by atoms with Gasteiger partial charge in [-0.2, -0.15) is 0 Å². The van der Waals surface area contributed by atoms with Crippen LogP contribution in [0.25, 0.3) is 0 Å². The molecule has 108 valence electrons. The fourth-order valence-electron chi connectivity index (χ4n) is 2.56. The van der Waals surface area contributed by atoms with E-state index in [4.69, 9.17) is 9.47 Å². The van der Waals surface area contributed by atoms with Gasteiger partial charge in [0.25, 0.3) is 0 Å². The first-order chi connectivity index (χ1) is 9.53. The van der Waals surface area contributed by atoms with Crippen LogP contribution in [0.5, 0.6) is 0 Å². The number of hydrogen-bond donors (Lipinski definition) is 0. The summed E-state index contributed by atoms with van der Waals surface area (Å²) in [7, 11) is 0. The maximum atomic E-state index is 6.13. The minimum absolute atomic E-state index is 0.0557. The molecule has 2 nitrogen and oxygen atoms in total. The Morgan fingerprint density at radius 3 is 2.40 bits per heavy atom. The molecule has 0 amide bonds. The van der Waals surface area contributed by atoms with Gasteiger partial charge >= 0.3 is 0 Å². The largest absolute Gasteiger partial charge is 0.343 e. The lowest BCUT2D eigenvalue weighted by molar-refractivity contribution is -0.312. The fraction of sp³-hybridized carbons (Fsp3) is 0.444. The summed E-state index contributed by atoms with van der Waals surface area (Å²) in [5.41, 5.74) is 1.21. The third-order valence-corrected chi connectivity index (χ3v) is 3.56. The van der Waals surface area contributed by atoms with Crippen molar-refractivity contribution in [2.24, 2.45) is 5.92 Å². The normalized spacial score (nSPS) is 30.1. The molecule has 0 aromatic heterocycles. The van der Waals surface area contributed by atoms with Crippen molar-refractivity contribution < 1.29 is 9.47 Å². The monoisotopic (exact) mass is 272 g/mol. The first kappa shape index (κ1) is 15.0. The molecule has 0 aliphatic carbocycles. The van der Waals surface area contributed by atoms with Crippen molar-refractivity contribution in [1.82, 2.24) is 0 Å². The second-order valence-electron chi connectivity index (χ2n) is 5.70. The summed E-state index contributed by atoms with van der Waals surface area (Å²) in [6, 6.07) is 10.4. The van der Waals surface area contributed by atoms with Crippen LogP contribution in [0.3, 0.4) is 0 Å². The van der Waals surface area contributed by atoms with E-state index in [-0.39, 0.29) is 18.1 Å². The number of hydrogen-bond acceptors (Lipinski definition) is 2. The lowest BCUT2D eigenvalue weighted by Gasteiger charge is -2.44. The van der Waals surface area contributed by atoms with E-state index < -0.39 is 5.79 Å². The minimum Gasteiger partial charge on any atom is -0.343 e. The van der Waals surface area contributed by atoms with E-state index in [2.05, 4.69) is 37.3 Å². The van der Waals surface area contributed by atoms with Crippen LogP contribution in [0, 0.1) is 5.92 Å². The predicted molar refractivity (Wildman–Crippen MR) is 82.3 cm³/mol. The Morgan fingerprint density at radius 1 is 1.05 bits per heavy atom. The molecule has 2 heteroatoms. The second kappa shape index (κ2) is 6.38. The Hall–Kier alpha value is -1.38. The second-order valence-corrected chi connectivity index (χ2v) is 5.70. The van der Waals surface area contributed by atoms with E-state index in [1.165, 1.54) is 5.56 Å². The van der Waals surface area contributed by atoms with Crippen molar-refractivity contribution in [2.45, 2.75) is 45.7 Å². The van der Waals surface area contributed by atoms with Crippen molar-refractivity contribution in [3.63, 3.8) is 0 Å². The minimum atomic E-state index is -0.571. The number of ether oxygens (including phenoxy) is 2. The molecule has 2 rings (SSSR count). The molecular formula is C18H24O2. The molecule has 0 N–H and O–H groups in total. The van der Waals surface area contributed by atoms with Gasteiger partial charge in [-0.1, -0.05) is 61.6 Å². The molecular weight excluding hydrogens is 248 g/mol. The highest BCUT2D eigenvalue weighted by molar-refractivity contribution is 5.20. The zero-order chi connectivity index (χ0) is 14.6. The smallest absolute Gasteiger partial charge is 0.164 e. The predicted octanol–water partition coefficient (Wildman–Crippen LogP) is 4.65. The molecule has 1 aliphatic heterocycles. The van der Waals surface area contributed by atoms with Gasteiger partial charge < -0.3 is 9.47 Å². The van der Waals surface area contributed by atoms with Crippen molar-refractivity contribution in [2.75, 3.05) is 0 Å². The molecule has 0 spiro atoms. The molecule has 1 saturated heterocycles. The summed E-state index contributed by atoms with van der Waals surface area (Å²) >= 11 is 0. The van der Waals surface area contributed by atoms with Crippen LogP contribution in [-0.4, -0.2) is 11.9 Å². The van der Waals surface area contributed by atoms with Crippen molar-refractivity contribution in [3.05, 3.63) is 60.2 Å². The maximum Gasteiger partial charge on any atom is 0.164 e. The van der Waals surface area contributed by atoms with Crippen molar-refractivity contribution in [1.29, 1.82) is 0 Å². The van der Waals surface area contributed by atoms with Crippen molar-refractivity contribution >= 4 is 0 Å². The topological polar surface area (TPSA) is 18.5 Å². The summed E-state index contributed by atoms with van der Waals surface area (Å²) < 4.78 is 12.2. The highest BCUT2D eigenvalue weighted by Crippen LogP contribution is 2.40. The maximum absolute atomic E-state index is 6.13. The van der Waals surface area contributed by atoms with Crippen LogP contribution in [0.1, 0.15) is 39.4 Å². The molecule has 1 aromatic rings. The standard InChI is InChI=1S/C18H24O2/c1-5-6-8-13-16-14(2)17(20-18(3,4)19-16)15-11-9-7-10-12-15/h5-14,16-17H,1-4H3/b6-5+,13-8+/t14-,16+,17-/m1/s1. The van der Waals surface area contributed by atoms with Crippen molar-refractivity contribution in [3.8, 4) is 0 Å². The van der Waals surface area contributed by atoms with E-state index in [0.717, 1.165) is 0 Å². The number of benzene rings is 1. The average Bonchev–Trinajstić information content (AvgIpc) is 2.43. The van der Waals surface area contributed by atoms with Crippen LogP contribution in [0.2, 0.25) is 0 Å². The molecule has 3 atom stereocenters. The van der Waals surface area contributed by atoms with Gasteiger partial charge in [-0.05, 0) is 26.3 Å². The van der Waals surface area contributed by atoms with Crippen LogP contribution in [0.15, 0.2) is 54.6 Å². The van der Waals surface area contributed by atoms with Gasteiger partial charge in [-0.3, -0.25) is 0 Å². The Labute approximate surface area is 122 Å². The first-order valence-electron chi connectivity index (χ1n) is 7.23. The van der Waals surface area contributed by atoms with E-state index in [9.17, 15) is 0 Å². The Kier molecular flexibility index (Phi) is 4.79. The summed E-state index contributed by atoms with van der Waals surface area (Å²) in [6.07, 6.45) is 8.31. The summed E-state index contributed by atoms with van der Waals surface area (Å²) in [4.78, 5) is 0. The Balaban J connectivity index is 2.24. The molecule has 0 unspecified atom stereocenters. The van der Waals surface area contributed by atoms with Crippen LogP contribution in [0.4, 0.5) is 0 Å². The molecule has 0 bridgehead atoms. The number of rotatable bonds is 3. The zero-order valence-corrected chi connectivity index (χ0v) is 12.7. The third kappa shape index (κ3) is 3.59. The average molecular weight is 272 g/mol. The highest BCUT2D eigenvalue weighted by Gasteiger charge is 2.40. The third-order valence-electron chi connectivity index (χ3n) is 3.56. The Bertz CT molecular complexity index is 473. The van der Waals surface area contributed by atoms with Gasteiger partial charge in [0.2, 0.25) is 0 Å². The van der Waals surface area contributed by atoms with Gasteiger partial charge in [-0.25, -0.2) is 0 Å². The van der Waals surface area contributed by atoms with Gasteiger partial charge in [0, 0.05) is 5.92 Å². The van der Waals surface area contributed by atoms with Gasteiger partial charge in [0.05, 0.1) is 12.2 Å². The molecule has 1 heterocycles. The Morgan fingerprint density at radius 2 is 1.75 bits per heavy atom. The van der Waals surface area contributed by atoms with Crippen LogP contribution >= 0.6 is 0 Å². The first-order valence-corrected chi connectivity index (χ1v) is 7.23. The lowest BCUT2D eigenvalue weighted by atomic mass is 9.90. The van der Waals surface area contributed by atoms with Gasteiger partial charge in [0.15, 0.2) is 5.79 Å². The fourth-order valence-corrected chi connectivity index (χ4v) is 2.56.